The van der Waals surface area contributed by atoms with Gasteiger partial charge in [-0.15, -0.1) is 0 Å². The summed E-state index contributed by atoms with van der Waals surface area (Å²) in [6.45, 7) is 4.32. The first kappa shape index (κ1) is 12.7. The van der Waals surface area contributed by atoms with Gasteiger partial charge in [-0.25, -0.2) is 4.39 Å². The molecular formula is C13H18FNO. The minimum absolute atomic E-state index is 0.0995. The van der Waals surface area contributed by atoms with Gasteiger partial charge < -0.3 is 10.5 Å². The number of nitrogens with two attached hydrogens (primary N) is 1. The van der Waals surface area contributed by atoms with E-state index in [0.29, 0.717) is 17.9 Å². The third-order valence-electron chi connectivity index (χ3n) is 2.36. The van der Waals surface area contributed by atoms with Gasteiger partial charge in [-0.3, -0.25) is 0 Å². The zero-order chi connectivity index (χ0) is 12.1. The largest absolute Gasteiger partial charge is 0.496 e. The van der Waals surface area contributed by atoms with Crippen molar-refractivity contribution < 1.29 is 9.13 Å². The summed E-state index contributed by atoms with van der Waals surface area (Å²) in [5.41, 5.74) is 6.74. The molecule has 1 aromatic rings. The molecule has 0 amide bonds. The summed E-state index contributed by atoms with van der Waals surface area (Å²) in [4.78, 5) is 0. The Bertz CT molecular complexity index is 386. The molecule has 2 N–H and O–H groups in total. The summed E-state index contributed by atoms with van der Waals surface area (Å²) >= 11 is 0. The molecule has 88 valence electrons. The van der Waals surface area contributed by atoms with Crippen LogP contribution in [0.15, 0.2) is 18.2 Å². The molecule has 0 aliphatic carbocycles. The number of ether oxygens (including phenoxy) is 1. The van der Waals surface area contributed by atoms with Crippen LogP contribution in [0, 0.1) is 5.82 Å². The summed E-state index contributed by atoms with van der Waals surface area (Å²) in [5.74, 6) is 0.459. The Morgan fingerprint density at radius 1 is 1.44 bits per heavy atom. The third-order valence-corrected chi connectivity index (χ3v) is 2.36. The van der Waals surface area contributed by atoms with Crippen LogP contribution in [0.25, 0.3) is 6.08 Å². The van der Waals surface area contributed by atoms with E-state index in [2.05, 4.69) is 0 Å². The number of hydrogen-bond donors (Lipinski definition) is 1. The lowest BCUT2D eigenvalue weighted by Crippen LogP contribution is -1.99. The van der Waals surface area contributed by atoms with Gasteiger partial charge in [0.2, 0.25) is 0 Å². The molecule has 2 nitrogen and oxygen atoms in total. The quantitative estimate of drug-likeness (QED) is 0.851. The van der Waals surface area contributed by atoms with Gasteiger partial charge in [-0.1, -0.05) is 26.0 Å². The molecule has 0 aliphatic heterocycles. The predicted octanol–water partition coefficient (Wildman–Crippen LogP) is 2.93. The Hall–Kier alpha value is -1.35. The average Bonchev–Trinajstić information content (AvgIpc) is 2.24. The average molecular weight is 223 g/mol. The highest BCUT2D eigenvalue weighted by Gasteiger charge is 2.13. The Morgan fingerprint density at radius 3 is 2.62 bits per heavy atom. The number of benzene rings is 1. The molecule has 0 aliphatic rings. The molecule has 3 heteroatoms. The predicted molar refractivity (Wildman–Crippen MR) is 65.1 cm³/mol. The Balaban J connectivity index is 3.21. The van der Waals surface area contributed by atoms with E-state index in [1.807, 2.05) is 19.9 Å². The molecule has 0 saturated carbocycles. The van der Waals surface area contributed by atoms with Gasteiger partial charge in [0.25, 0.3) is 0 Å². The summed E-state index contributed by atoms with van der Waals surface area (Å²) in [5, 5.41) is 0. The molecule has 0 aromatic heterocycles. The Labute approximate surface area is 95.9 Å². The van der Waals surface area contributed by atoms with E-state index < -0.39 is 0 Å². The van der Waals surface area contributed by atoms with Gasteiger partial charge >= 0.3 is 0 Å². The number of methoxy groups -OCH3 is 1. The van der Waals surface area contributed by atoms with Crippen LogP contribution in [0.1, 0.15) is 30.9 Å². The SMILES string of the molecule is COc1cc(/C=C/CN)cc(F)c1C(C)C. The maximum Gasteiger partial charge on any atom is 0.130 e. The summed E-state index contributed by atoms with van der Waals surface area (Å²) in [7, 11) is 1.55. The molecule has 0 unspecified atom stereocenters. The van der Waals surface area contributed by atoms with Crippen molar-refractivity contribution in [2.24, 2.45) is 5.73 Å². The minimum Gasteiger partial charge on any atom is -0.496 e. The first-order chi connectivity index (χ1) is 7.60. The first-order valence-electron chi connectivity index (χ1n) is 5.34. The van der Waals surface area contributed by atoms with Gasteiger partial charge in [0.1, 0.15) is 11.6 Å². The molecule has 0 spiro atoms. The van der Waals surface area contributed by atoms with E-state index in [0.717, 1.165) is 5.56 Å². The number of halogens is 1. The summed E-state index contributed by atoms with van der Waals surface area (Å²) in [6, 6.07) is 3.33. The van der Waals surface area contributed by atoms with Crippen LogP contribution in [0.3, 0.4) is 0 Å². The van der Waals surface area contributed by atoms with Crippen LogP contribution < -0.4 is 10.5 Å². The zero-order valence-corrected chi connectivity index (χ0v) is 9.96. The topological polar surface area (TPSA) is 35.2 Å². The lowest BCUT2D eigenvalue weighted by atomic mass is 9.99. The van der Waals surface area contributed by atoms with Gasteiger partial charge in [-0.05, 0) is 23.6 Å². The molecule has 1 rings (SSSR count). The molecule has 1 aromatic carbocycles. The fourth-order valence-electron chi connectivity index (χ4n) is 1.64. The highest BCUT2D eigenvalue weighted by Crippen LogP contribution is 2.30. The lowest BCUT2D eigenvalue weighted by Gasteiger charge is -2.13. The Kier molecular flexibility index (Phi) is 4.50. The standard InChI is InChI=1S/C13H18FNO/c1-9(2)13-11(14)7-10(5-4-6-15)8-12(13)16-3/h4-5,7-9H,6,15H2,1-3H3/b5-4+. The van der Waals surface area contributed by atoms with Gasteiger partial charge in [0, 0.05) is 12.1 Å². The zero-order valence-electron chi connectivity index (χ0n) is 9.96. The molecule has 0 radical (unpaired) electrons. The maximum atomic E-state index is 13.8. The highest BCUT2D eigenvalue weighted by atomic mass is 19.1. The van der Waals surface area contributed by atoms with E-state index >= 15 is 0 Å². The van der Waals surface area contributed by atoms with Crippen LogP contribution in [0.2, 0.25) is 0 Å². The molecule has 0 saturated heterocycles. The van der Waals surface area contributed by atoms with E-state index in [-0.39, 0.29) is 11.7 Å². The lowest BCUT2D eigenvalue weighted by molar-refractivity contribution is 0.401. The van der Waals surface area contributed by atoms with Crippen molar-refractivity contribution in [2.45, 2.75) is 19.8 Å². The maximum absolute atomic E-state index is 13.8. The van der Waals surface area contributed by atoms with Crippen molar-refractivity contribution in [1.82, 2.24) is 0 Å². The molecule has 0 fully saturated rings. The molecule has 0 bridgehead atoms. The van der Waals surface area contributed by atoms with Crippen LogP contribution in [-0.2, 0) is 0 Å². The van der Waals surface area contributed by atoms with Gasteiger partial charge in [0.15, 0.2) is 0 Å². The second-order valence-electron chi connectivity index (χ2n) is 3.91. The van der Waals surface area contributed by atoms with Crippen molar-refractivity contribution in [3.63, 3.8) is 0 Å². The summed E-state index contributed by atoms with van der Waals surface area (Å²) < 4.78 is 19.0. The van der Waals surface area contributed by atoms with Gasteiger partial charge in [-0.2, -0.15) is 0 Å². The first-order valence-corrected chi connectivity index (χ1v) is 5.34. The van der Waals surface area contributed by atoms with Crippen molar-refractivity contribution in [3.05, 3.63) is 35.2 Å². The molecule has 0 heterocycles. The van der Waals surface area contributed by atoms with E-state index in [4.69, 9.17) is 10.5 Å². The third kappa shape index (κ3) is 2.83. The minimum atomic E-state index is -0.231. The van der Waals surface area contributed by atoms with Crippen molar-refractivity contribution in [1.29, 1.82) is 0 Å². The Morgan fingerprint density at radius 2 is 2.12 bits per heavy atom. The van der Waals surface area contributed by atoms with Crippen molar-refractivity contribution in [3.8, 4) is 5.75 Å². The molecule has 0 atom stereocenters. The van der Waals surface area contributed by atoms with E-state index in [9.17, 15) is 4.39 Å². The highest BCUT2D eigenvalue weighted by molar-refractivity contribution is 5.55. The van der Waals surface area contributed by atoms with Crippen molar-refractivity contribution in [2.75, 3.05) is 13.7 Å². The van der Waals surface area contributed by atoms with Crippen molar-refractivity contribution >= 4 is 6.08 Å². The second kappa shape index (κ2) is 5.66. The van der Waals surface area contributed by atoms with Crippen LogP contribution in [0.4, 0.5) is 4.39 Å². The van der Waals surface area contributed by atoms with E-state index in [1.165, 1.54) is 6.07 Å². The van der Waals surface area contributed by atoms with Crippen LogP contribution in [0.5, 0.6) is 5.75 Å². The van der Waals surface area contributed by atoms with Crippen LogP contribution in [-0.4, -0.2) is 13.7 Å². The summed E-state index contributed by atoms with van der Waals surface area (Å²) in [6.07, 6.45) is 3.57. The number of rotatable bonds is 4. The van der Waals surface area contributed by atoms with Gasteiger partial charge in [0.05, 0.1) is 7.11 Å². The molecule has 16 heavy (non-hydrogen) atoms. The monoisotopic (exact) mass is 223 g/mol. The van der Waals surface area contributed by atoms with E-state index in [1.54, 1.807) is 19.3 Å². The van der Waals surface area contributed by atoms with Crippen LogP contribution >= 0.6 is 0 Å². The normalized spacial score (nSPS) is 11.4. The fourth-order valence-corrected chi connectivity index (χ4v) is 1.64. The molecular weight excluding hydrogens is 205 g/mol. The second-order valence-corrected chi connectivity index (χ2v) is 3.91. The number of hydrogen-bond acceptors (Lipinski definition) is 2. The fraction of sp³-hybridized carbons (Fsp3) is 0.385. The smallest absolute Gasteiger partial charge is 0.130 e.